The fourth-order valence-electron chi connectivity index (χ4n) is 2.92. The summed E-state index contributed by atoms with van der Waals surface area (Å²) >= 11 is 1.69. The van der Waals surface area contributed by atoms with Crippen LogP contribution in [0.1, 0.15) is 27.6 Å². The molecule has 1 amide bonds. The zero-order valence-corrected chi connectivity index (χ0v) is 17.1. The number of hydrogen-bond acceptors (Lipinski definition) is 4. The number of benzene rings is 2. The van der Waals surface area contributed by atoms with Crippen molar-refractivity contribution < 1.29 is 9.53 Å². The molecule has 4 nitrogen and oxygen atoms in total. The maximum Gasteiger partial charge on any atom is 0.234 e. The molecular weight excluding hydrogens is 368 g/mol. The molecule has 0 bridgehead atoms. The highest BCUT2D eigenvalue weighted by Crippen LogP contribution is 2.26. The third-order valence-electron chi connectivity index (χ3n) is 4.39. The van der Waals surface area contributed by atoms with Gasteiger partial charge in [0.15, 0.2) is 0 Å². The number of ether oxygens (including phenoxy) is 1. The van der Waals surface area contributed by atoms with Gasteiger partial charge in [0.25, 0.3) is 0 Å². The summed E-state index contributed by atoms with van der Waals surface area (Å²) in [5.74, 6) is 0.783. The number of thiophene rings is 1. The van der Waals surface area contributed by atoms with Gasteiger partial charge in [0.2, 0.25) is 5.91 Å². The van der Waals surface area contributed by atoms with E-state index in [9.17, 15) is 4.79 Å². The van der Waals surface area contributed by atoms with Crippen molar-refractivity contribution in [1.82, 2.24) is 10.6 Å². The lowest BCUT2D eigenvalue weighted by atomic mass is 10.0. The largest absolute Gasteiger partial charge is 0.492 e. The maximum absolute atomic E-state index is 12.2. The van der Waals surface area contributed by atoms with Crippen LogP contribution in [-0.2, 0) is 4.79 Å². The first-order valence-corrected chi connectivity index (χ1v) is 10.3. The number of hydrogen-bond donors (Lipinski definition) is 2. The van der Waals surface area contributed by atoms with Crippen LogP contribution in [0.4, 0.5) is 0 Å². The van der Waals surface area contributed by atoms with Crippen LogP contribution in [0.25, 0.3) is 0 Å². The van der Waals surface area contributed by atoms with Crippen molar-refractivity contribution in [2.75, 3.05) is 19.7 Å². The van der Waals surface area contributed by atoms with E-state index in [1.165, 1.54) is 10.4 Å². The van der Waals surface area contributed by atoms with E-state index in [1.807, 2.05) is 37.3 Å². The first-order valence-electron chi connectivity index (χ1n) is 9.41. The summed E-state index contributed by atoms with van der Waals surface area (Å²) in [6.07, 6.45) is 0. The van der Waals surface area contributed by atoms with Crippen molar-refractivity contribution >= 4 is 17.2 Å². The van der Waals surface area contributed by atoms with Gasteiger partial charge in [-0.25, -0.2) is 0 Å². The Morgan fingerprint density at radius 2 is 1.86 bits per heavy atom. The van der Waals surface area contributed by atoms with Gasteiger partial charge in [0.1, 0.15) is 12.4 Å². The lowest BCUT2D eigenvalue weighted by Crippen LogP contribution is -2.37. The van der Waals surface area contributed by atoms with Crippen LogP contribution in [0.5, 0.6) is 5.75 Å². The minimum absolute atomic E-state index is 0.00916. The average Bonchev–Trinajstić information content (AvgIpc) is 3.21. The lowest BCUT2D eigenvalue weighted by molar-refractivity contribution is -0.120. The SMILES string of the molecule is Cc1ccc([C@@H](NCC(=O)NCCOc2cccc(C)c2)c2cccs2)cc1. The molecule has 28 heavy (non-hydrogen) atoms. The number of nitrogens with one attached hydrogen (secondary N) is 2. The molecule has 5 heteroatoms. The number of aryl methyl sites for hydroxylation is 2. The Hall–Kier alpha value is -2.63. The highest BCUT2D eigenvalue weighted by atomic mass is 32.1. The summed E-state index contributed by atoms with van der Waals surface area (Å²) in [5.41, 5.74) is 3.53. The molecule has 0 saturated carbocycles. The van der Waals surface area contributed by atoms with Gasteiger partial charge in [0.05, 0.1) is 19.1 Å². The van der Waals surface area contributed by atoms with Gasteiger partial charge in [0, 0.05) is 4.88 Å². The van der Waals surface area contributed by atoms with Crippen LogP contribution < -0.4 is 15.4 Å². The van der Waals surface area contributed by atoms with Gasteiger partial charge in [-0.1, -0.05) is 48.0 Å². The third kappa shape index (κ3) is 5.94. The van der Waals surface area contributed by atoms with Gasteiger partial charge in [-0.15, -0.1) is 11.3 Å². The van der Waals surface area contributed by atoms with E-state index in [0.717, 1.165) is 16.9 Å². The van der Waals surface area contributed by atoms with Crippen molar-refractivity contribution in [3.8, 4) is 5.75 Å². The first kappa shape index (κ1) is 20.1. The highest BCUT2D eigenvalue weighted by Gasteiger charge is 2.16. The van der Waals surface area contributed by atoms with Gasteiger partial charge in [-0.05, 0) is 48.6 Å². The smallest absolute Gasteiger partial charge is 0.234 e. The molecule has 146 valence electrons. The molecule has 2 aromatic carbocycles. The van der Waals surface area contributed by atoms with Gasteiger partial charge in [-0.3, -0.25) is 10.1 Å². The fourth-order valence-corrected chi connectivity index (χ4v) is 3.75. The van der Waals surface area contributed by atoms with Crippen LogP contribution >= 0.6 is 11.3 Å². The monoisotopic (exact) mass is 394 g/mol. The van der Waals surface area contributed by atoms with E-state index in [-0.39, 0.29) is 18.5 Å². The summed E-state index contributed by atoms with van der Waals surface area (Å²) in [4.78, 5) is 13.4. The van der Waals surface area contributed by atoms with E-state index in [2.05, 4.69) is 53.3 Å². The van der Waals surface area contributed by atoms with E-state index in [4.69, 9.17) is 4.74 Å². The van der Waals surface area contributed by atoms with Gasteiger partial charge >= 0.3 is 0 Å². The molecule has 0 radical (unpaired) electrons. The standard InChI is InChI=1S/C23H26N2O2S/c1-17-8-10-19(11-9-17)23(21-7-4-14-28-21)25-16-22(26)24-12-13-27-20-6-3-5-18(2)15-20/h3-11,14-15,23,25H,12-13,16H2,1-2H3,(H,24,26)/t23-/m1/s1. The van der Waals surface area contributed by atoms with E-state index in [1.54, 1.807) is 11.3 Å². The Morgan fingerprint density at radius 3 is 2.57 bits per heavy atom. The Morgan fingerprint density at radius 1 is 1.04 bits per heavy atom. The molecule has 0 aliphatic carbocycles. The minimum Gasteiger partial charge on any atom is -0.492 e. The minimum atomic E-state index is -0.0403. The summed E-state index contributed by atoms with van der Waals surface area (Å²) in [6.45, 7) is 5.27. The summed E-state index contributed by atoms with van der Waals surface area (Å²) in [7, 11) is 0. The van der Waals surface area contributed by atoms with Crippen LogP contribution in [0, 0.1) is 13.8 Å². The Balaban J connectivity index is 1.47. The number of carbonyl (C=O) groups excluding carboxylic acids is 1. The second kappa shape index (κ2) is 10.1. The number of rotatable bonds is 9. The molecular formula is C23H26N2O2S. The molecule has 1 heterocycles. The molecule has 3 aromatic rings. The van der Waals surface area contributed by atoms with Crippen LogP contribution in [0.3, 0.4) is 0 Å². The predicted octanol–water partition coefficient (Wildman–Crippen LogP) is 4.24. The summed E-state index contributed by atoms with van der Waals surface area (Å²) in [5, 5.41) is 8.34. The van der Waals surface area contributed by atoms with Crippen LogP contribution in [-0.4, -0.2) is 25.6 Å². The highest BCUT2D eigenvalue weighted by molar-refractivity contribution is 7.10. The quantitative estimate of drug-likeness (QED) is 0.534. The molecule has 3 rings (SSSR count). The Labute approximate surface area is 170 Å². The zero-order chi connectivity index (χ0) is 19.8. The fraction of sp³-hybridized carbons (Fsp3) is 0.261. The second-order valence-corrected chi connectivity index (χ2v) is 7.73. The van der Waals surface area contributed by atoms with Gasteiger partial charge in [-0.2, -0.15) is 0 Å². The molecule has 0 saturated heterocycles. The van der Waals surface area contributed by atoms with Gasteiger partial charge < -0.3 is 10.1 Å². The summed E-state index contributed by atoms with van der Waals surface area (Å²) in [6, 6.07) is 20.4. The van der Waals surface area contributed by atoms with Crippen LogP contribution in [0.2, 0.25) is 0 Å². The number of carbonyl (C=O) groups is 1. The maximum atomic E-state index is 12.2. The molecule has 0 spiro atoms. The van der Waals surface area contributed by atoms with E-state index < -0.39 is 0 Å². The molecule has 1 atom stereocenters. The Kier molecular flexibility index (Phi) is 7.23. The van der Waals surface area contributed by atoms with Crippen molar-refractivity contribution in [2.45, 2.75) is 19.9 Å². The zero-order valence-electron chi connectivity index (χ0n) is 16.3. The molecule has 2 N–H and O–H groups in total. The molecule has 0 unspecified atom stereocenters. The normalized spacial score (nSPS) is 11.8. The molecule has 0 aliphatic heterocycles. The lowest BCUT2D eigenvalue weighted by Gasteiger charge is -2.18. The third-order valence-corrected chi connectivity index (χ3v) is 5.32. The average molecular weight is 395 g/mol. The van der Waals surface area contributed by atoms with Crippen LogP contribution in [0.15, 0.2) is 66.0 Å². The second-order valence-electron chi connectivity index (χ2n) is 6.75. The first-order chi connectivity index (χ1) is 13.6. The van der Waals surface area contributed by atoms with Crippen molar-refractivity contribution in [3.05, 3.63) is 87.6 Å². The van der Waals surface area contributed by atoms with E-state index in [0.29, 0.717) is 13.2 Å². The summed E-state index contributed by atoms with van der Waals surface area (Å²) < 4.78 is 5.67. The molecule has 0 fully saturated rings. The molecule has 1 aromatic heterocycles. The topological polar surface area (TPSA) is 50.4 Å². The van der Waals surface area contributed by atoms with Crippen molar-refractivity contribution in [1.29, 1.82) is 0 Å². The van der Waals surface area contributed by atoms with E-state index >= 15 is 0 Å². The Bertz CT molecular complexity index is 876. The van der Waals surface area contributed by atoms with Crippen molar-refractivity contribution in [2.24, 2.45) is 0 Å². The van der Waals surface area contributed by atoms with Crippen molar-refractivity contribution in [3.63, 3.8) is 0 Å². The predicted molar refractivity (Wildman–Crippen MR) is 115 cm³/mol. The molecule has 0 aliphatic rings. The number of amides is 1.